The second-order valence-electron chi connectivity index (χ2n) is 5.87. The molecular formula is C14H20N4O2. The first kappa shape index (κ1) is 13.3. The number of likely N-dealkylation sites (tertiary alicyclic amines) is 1. The van der Waals surface area contributed by atoms with Crippen LogP contribution in [0.3, 0.4) is 0 Å². The maximum atomic E-state index is 10.7. The normalized spacial score (nSPS) is 22.9. The maximum absolute atomic E-state index is 10.7. The number of rotatable bonds is 5. The Morgan fingerprint density at radius 2 is 2.30 bits per heavy atom. The van der Waals surface area contributed by atoms with Crippen LogP contribution in [0.15, 0.2) is 12.3 Å². The summed E-state index contributed by atoms with van der Waals surface area (Å²) in [5, 5.41) is 14.1. The highest BCUT2D eigenvalue weighted by Crippen LogP contribution is 2.31. The van der Waals surface area contributed by atoms with Gasteiger partial charge in [0.25, 0.3) is 5.69 Å². The van der Waals surface area contributed by atoms with Gasteiger partial charge in [0.05, 0.1) is 4.92 Å². The van der Waals surface area contributed by atoms with Crippen LogP contribution in [-0.4, -0.2) is 40.5 Å². The molecule has 6 heteroatoms. The summed E-state index contributed by atoms with van der Waals surface area (Å²) in [5.41, 5.74) is 0.731. The molecule has 1 saturated carbocycles. The van der Waals surface area contributed by atoms with Gasteiger partial charge in [0.15, 0.2) is 0 Å². The molecule has 0 bridgehead atoms. The van der Waals surface area contributed by atoms with E-state index in [1.54, 1.807) is 13.0 Å². The molecule has 1 atom stereocenters. The second-order valence-corrected chi connectivity index (χ2v) is 5.87. The van der Waals surface area contributed by atoms with Gasteiger partial charge >= 0.3 is 0 Å². The van der Waals surface area contributed by atoms with Gasteiger partial charge in [-0.05, 0) is 44.7 Å². The molecule has 0 radical (unpaired) electrons. The van der Waals surface area contributed by atoms with E-state index < -0.39 is 4.92 Å². The standard InChI is InChI=1S/C14H20N4O2/c1-10-6-14(16-8-13(10)18(19)20)15-7-11-4-5-17(9-11)12-2-3-12/h6,8,11-12H,2-5,7,9H2,1H3,(H,15,16). The van der Waals surface area contributed by atoms with Crippen LogP contribution < -0.4 is 5.32 Å². The lowest BCUT2D eigenvalue weighted by molar-refractivity contribution is -0.385. The molecule has 2 fully saturated rings. The Hall–Kier alpha value is -1.69. The molecular weight excluding hydrogens is 256 g/mol. The smallest absolute Gasteiger partial charge is 0.290 e. The highest BCUT2D eigenvalue weighted by Gasteiger charge is 2.34. The van der Waals surface area contributed by atoms with E-state index in [4.69, 9.17) is 0 Å². The van der Waals surface area contributed by atoms with Crippen molar-refractivity contribution < 1.29 is 4.92 Å². The summed E-state index contributed by atoms with van der Waals surface area (Å²) >= 11 is 0. The topological polar surface area (TPSA) is 71.3 Å². The molecule has 1 aromatic heterocycles. The van der Waals surface area contributed by atoms with Crippen molar-refractivity contribution in [2.75, 3.05) is 25.0 Å². The number of aromatic nitrogens is 1. The maximum Gasteiger partial charge on any atom is 0.290 e. The van der Waals surface area contributed by atoms with E-state index in [-0.39, 0.29) is 5.69 Å². The van der Waals surface area contributed by atoms with Crippen LogP contribution in [0, 0.1) is 23.0 Å². The van der Waals surface area contributed by atoms with Gasteiger partial charge in [0.2, 0.25) is 0 Å². The molecule has 0 aromatic carbocycles. The number of hydrogen-bond donors (Lipinski definition) is 1. The SMILES string of the molecule is Cc1cc(NCC2CCN(C3CC3)C2)ncc1[N+](=O)[O-]. The Labute approximate surface area is 118 Å². The Kier molecular flexibility index (Phi) is 3.56. The first-order valence-electron chi connectivity index (χ1n) is 7.22. The van der Waals surface area contributed by atoms with Crippen LogP contribution >= 0.6 is 0 Å². The van der Waals surface area contributed by atoms with E-state index in [1.807, 2.05) is 0 Å². The van der Waals surface area contributed by atoms with Gasteiger partial charge in [-0.25, -0.2) is 4.98 Å². The molecule has 20 heavy (non-hydrogen) atoms. The number of nitrogens with zero attached hydrogens (tertiary/aromatic N) is 3. The van der Waals surface area contributed by atoms with Gasteiger partial charge in [-0.2, -0.15) is 0 Å². The summed E-state index contributed by atoms with van der Waals surface area (Å²) in [4.78, 5) is 17.1. The van der Waals surface area contributed by atoms with Gasteiger partial charge in [0.1, 0.15) is 12.0 Å². The first-order chi connectivity index (χ1) is 9.63. The van der Waals surface area contributed by atoms with Crippen molar-refractivity contribution >= 4 is 11.5 Å². The number of aryl methyl sites for hydroxylation is 1. The van der Waals surface area contributed by atoms with E-state index in [1.165, 1.54) is 38.5 Å². The molecule has 3 rings (SSSR count). The largest absolute Gasteiger partial charge is 0.370 e. The molecule has 2 heterocycles. The average Bonchev–Trinajstić information content (AvgIpc) is 3.15. The van der Waals surface area contributed by atoms with Gasteiger partial charge in [-0.15, -0.1) is 0 Å². The van der Waals surface area contributed by atoms with Crippen LogP contribution in [0.25, 0.3) is 0 Å². The number of anilines is 1. The van der Waals surface area contributed by atoms with Crippen LogP contribution in [0.2, 0.25) is 0 Å². The molecule has 1 N–H and O–H groups in total. The Bertz CT molecular complexity index is 516. The predicted molar refractivity (Wildman–Crippen MR) is 76.8 cm³/mol. The van der Waals surface area contributed by atoms with Crippen molar-refractivity contribution in [3.63, 3.8) is 0 Å². The number of hydrogen-bond acceptors (Lipinski definition) is 5. The van der Waals surface area contributed by atoms with E-state index in [0.29, 0.717) is 11.5 Å². The minimum Gasteiger partial charge on any atom is -0.370 e. The predicted octanol–water partition coefficient (Wildman–Crippen LogP) is 2.19. The molecule has 1 saturated heterocycles. The molecule has 1 aromatic rings. The molecule has 1 aliphatic heterocycles. The first-order valence-corrected chi connectivity index (χ1v) is 7.22. The number of nitrogens with one attached hydrogen (secondary N) is 1. The zero-order valence-corrected chi connectivity index (χ0v) is 11.7. The lowest BCUT2D eigenvalue weighted by Crippen LogP contribution is -2.24. The monoisotopic (exact) mass is 276 g/mol. The van der Waals surface area contributed by atoms with Crippen molar-refractivity contribution in [1.29, 1.82) is 0 Å². The zero-order valence-electron chi connectivity index (χ0n) is 11.7. The summed E-state index contributed by atoms with van der Waals surface area (Å²) < 4.78 is 0. The van der Waals surface area contributed by atoms with E-state index in [0.717, 1.165) is 18.4 Å². The molecule has 6 nitrogen and oxygen atoms in total. The third-order valence-corrected chi connectivity index (χ3v) is 4.23. The van der Waals surface area contributed by atoms with Crippen molar-refractivity contribution in [2.45, 2.75) is 32.2 Å². The summed E-state index contributed by atoms with van der Waals surface area (Å²) in [6.07, 6.45) is 5.30. The van der Waals surface area contributed by atoms with E-state index >= 15 is 0 Å². The second kappa shape index (κ2) is 5.36. The molecule has 1 aliphatic carbocycles. The molecule has 0 amide bonds. The fourth-order valence-corrected chi connectivity index (χ4v) is 2.89. The van der Waals surface area contributed by atoms with Crippen LogP contribution in [0.1, 0.15) is 24.8 Å². The summed E-state index contributed by atoms with van der Waals surface area (Å²) in [6.45, 7) is 5.02. The summed E-state index contributed by atoms with van der Waals surface area (Å²) in [6, 6.07) is 2.60. The van der Waals surface area contributed by atoms with Crippen LogP contribution in [-0.2, 0) is 0 Å². The van der Waals surface area contributed by atoms with Crippen LogP contribution in [0.4, 0.5) is 11.5 Å². The molecule has 1 unspecified atom stereocenters. The zero-order chi connectivity index (χ0) is 14.1. The van der Waals surface area contributed by atoms with Gasteiger partial charge in [-0.1, -0.05) is 0 Å². The van der Waals surface area contributed by atoms with E-state index in [9.17, 15) is 10.1 Å². The van der Waals surface area contributed by atoms with Crippen molar-refractivity contribution in [3.05, 3.63) is 27.9 Å². The minimum absolute atomic E-state index is 0.0799. The minimum atomic E-state index is -0.392. The van der Waals surface area contributed by atoms with Crippen LogP contribution in [0.5, 0.6) is 0 Å². The van der Waals surface area contributed by atoms with Crippen molar-refractivity contribution in [3.8, 4) is 0 Å². The highest BCUT2D eigenvalue weighted by molar-refractivity contribution is 5.46. The number of nitro groups is 1. The Morgan fingerprint density at radius 3 is 2.95 bits per heavy atom. The fraction of sp³-hybridized carbons (Fsp3) is 0.643. The third-order valence-electron chi connectivity index (χ3n) is 4.23. The van der Waals surface area contributed by atoms with Gasteiger partial charge < -0.3 is 10.2 Å². The Morgan fingerprint density at radius 1 is 1.50 bits per heavy atom. The van der Waals surface area contributed by atoms with Gasteiger partial charge in [-0.3, -0.25) is 10.1 Å². The Balaban J connectivity index is 1.53. The quantitative estimate of drug-likeness (QED) is 0.659. The highest BCUT2D eigenvalue weighted by atomic mass is 16.6. The molecule has 108 valence electrons. The van der Waals surface area contributed by atoms with Crippen molar-refractivity contribution in [2.24, 2.45) is 5.92 Å². The van der Waals surface area contributed by atoms with E-state index in [2.05, 4.69) is 15.2 Å². The average molecular weight is 276 g/mol. The van der Waals surface area contributed by atoms with Crippen molar-refractivity contribution in [1.82, 2.24) is 9.88 Å². The molecule has 0 spiro atoms. The lowest BCUT2D eigenvalue weighted by atomic mass is 10.1. The molecule has 2 aliphatic rings. The van der Waals surface area contributed by atoms with Gasteiger partial charge in [0, 0.05) is 24.7 Å². The summed E-state index contributed by atoms with van der Waals surface area (Å²) in [5.74, 6) is 1.39. The third kappa shape index (κ3) is 2.90. The fourth-order valence-electron chi connectivity index (χ4n) is 2.89. The summed E-state index contributed by atoms with van der Waals surface area (Å²) in [7, 11) is 0. The number of pyridine rings is 1. The lowest BCUT2D eigenvalue weighted by Gasteiger charge is -2.15.